The number of rotatable bonds is 11. The summed E-state index contributed by atoms with van der Waals surface area (Å²) in [7, 11) is 2.14. The monoisotopic (exact) mass is 549 g/mol. The zero-order valence-corrected chi connectivity index (χ0v) is 23.4. The quantitative estimate of drug-likeness (QED) is 0.313. The number of hydrogen-bond acceptors (Lipinski definition) is 6. The molecule has 5 rings (SSSR count). The summed E-state index contributed by atoms with van der Waals surface area (Å²) in [5.41, 5.74) is 1.93. The van der Waals surface area contributed by atoms with E-state index >= 15 is 0 Å². The van der Waals surface area contributed by atoms with E-state index in [1.807, 2.05) is 25.1 Å². The number of ether oxygens (including phenoxy) is 2. The second-order valence-corrected chi connectivity index (χ2v) is 11.2. The molecule has 1 aliphatic heterocycles. The van der Waals surface area contributed by atoms with E-state index in [-0.39, 0.29) is 11.7 Å². The van der Waals surface area contributed by atoms with Gasteiger partial charge in [-0.1, -0.05) is 17.7 Å². The normalized spacial score (nSPS) is 16.3. The first-order chi connectivity index (χ1) is 18.9. The number of carbonyl (C=O) groups is 2. The summed E-state index contributed by atoms with van der Waals surface area (Å²) in [6.45, 7) is 5.07. The van der Waals surface area contributed by atoms with Crippen molar-refractivity contribution in [3.8, 4) is 17.2 Å². The first kappa shape index (κ1) is 27.4. The van der Waals surface area contributed by atoms with Crippen LogP contribution in [0.3, 0.4) is 0 Å². The van der Waals surface area contributed by atoms with Gasteiger partial charge in [-0.05, 0) is 94.4 Å². The van der Waals surface area contributed by atoms with E-state index in [9.17, 15) is 9.59 Å². The molecule has 1 N–H and O–H groups in total. The van der Waals surface area contributed by atoms with Gasteiger partial charge >= 0.3 is 0 Å². The molecule has 0 unspecified atom stereocenters. The number of fused-ring (bicyclic) bond motifs is 1. The standard InChI is InChI=1S/C31H36ClN3O4/c1-3-33-31(37)26-17-25-28(18-30(26)38-19-21-9-12-35(2)13-10-21)34-11-8-29(25)39-24-7-6-22(27(32)16-24)15-23(36)14-20-4-5-20/h6-8,11,16-18,20-21H,3-5,9-10,12-15,19H2,1-2H3,(H,33,37). The van der Waals surface area contributed by atoms with Crippen molar-refractivity contribution in [2.45, 2.75) is 45.4 Å². The van der Waals surface area contributed by atoms with Crippen LogP contribution in [0.5, 0.6) is 17.2 Å². The third-order valence-electron chi connectivity index (χ3n) is 7.55. The van der Waals surface area contributed by atoms with Crippen molar-refractivity contribution in [2.75, 3.05) is 33.3 Å². The fourth-order valence-corrected chi connectivity index (χ4v) is 5.25. The molecule has 1 amide bonds. The van der Waals surface area contributed by atoms with Crippen LogP contribution in [0.25, 0.3) is 10.9 Å². The minimum absolute atomic E-state index is 0.198. The van der Waals surface area contributed by atoms with Crippen LogP contribution in [-0.2, 0) is 11.2 Å². The second kappa shape index (κ2) is 12.3. The highest BCUT2D eigenvalue weighted by atomic mass is 35.5. The predicted molar refractivity (Wildman–Crippen MR) is 153 cm³/mol. The van der Waals surface area contributed by atoms with Gasteiger partial charge in [0.15, 0.2) is 0 Å². The maximum absolute atomic E-state index is 13.0. The Hall–Kier alpha value is -3.16. The Morgan fingerprint density at radius 1 is 1.05 bits per heavy atom. The number of aromatic nitrogens is 1. The van der Waals surface area contributed by atoms with Gasteiger partial charge in [0.25, 0.3) is 5.91 Å². The summed E-state index contributed by atoms with van der Waals surface area (Å²) in [6.07, 6.45) is 7.11. The molecule has 206 valence electrons. The summed E-state index contributed by atoms with van der Waals surface area (Å²) in [5.74, 6) is 2.67. The third-order valence-corrected chi connectivity index (χ3v) is 7.90. The molecule has 2 heterocycles. The number of likely N-dealkylation sites (tertiary alicyclic amines) is 1. The molecule has 7 nitrogen and oxygen atoms in total. The van der Waals surface area contributed by atoms with E-state index < -0.39 is 0 Å². The SMILES string of the molecule is CCNC(=O)c1cc2c(Oc3ccc(CC(=O)CC4CC4)c(Cl)c3)ccnc2cc1OCC1CCN(C)CC1. The van der Waals surface area contributed by atoms with E-state index in [0.29, 0.717) is 76.6 Å². The second-order valence-electron chi connectivity index (χ2n) is 10.8. The number of halogens is 1. The lowest BCUT2D eigenvalue weighted by atomic mass is 9.98. The van der Waals surface area contributed by atoms with Crippen LogP contribution in [0.1, 0.15) is 54.9 Å². The number of amides is 1. The molecular formula is C31H36ClN3O4. The van der Waals surface area contributed by atoms with Crippen LogP contribution in [-0.4, -0.2) is 54.9 Å². The van der Waals surface area contributed by atoms with E-state index in [1.165, 1.54) is 0 Å². The molecule has 1 saturated heterocycles. The van der Waals surface area contributed by atoms with Crippen molar-refractivity contribution in [1.82, 2.24) is 15.2 Å². The van der Waals surface area contributed by atoms with Gasteiger partial charge in [0, 0.05) is 42.1 Å². The van der Waals surface area contributed by atoms with Gasteiger partial charge in [-0.15, -0.1) is 0 Å². The largest absolute Gasteiger partial charge is 0.492 e. The molecule has 0 spiro atoms. The fraction of sp³-hybridized carbons (Fsp3) is 0.452. The zero-order chi connectivity index (χ0) is 27.4. The molecule has 3 aromatic rings. The first-order valence-corrected chi connectivity index (χ1v) is 14.3. The lowest BCUT2D eigenvalue weighted by Crippen LogP contribution is -2.32. The number of Topliss-reactive ketones (excluding diaryl/α,β-unsaturated/α-hetero) is 1. The van der Waals surface area contributed by atoms with Gasteiger partial charge in [0.1, 0.15) is 23.0 Å². The maximum atomic E-state index is 13.0. The first-order valence-electron chi connectivity index (χ1n) is 13.9. The predicted octanol–water partition coefficient (Wildman–Crippen LogP) is 6.06. The highest BCUT2D eigenvalue weighted by molar-refractivity contribution is 6.31. The average Bonchev–Trinajstić information content (AvgIpc) is 3.73. The Morgan fingerprint density at radius 2 is 1.85 bits per heavy atom. The molecule has 39 heavy (non-hydrogen) atoms. The lowest BCUT2D eigenvalue weighted by Gasteiger charge is -2.29. The molecule has 2 aromatic carbocycles. The Bertz CT molecular complexity index is 1350. The van der Waals surface area contributed by atoms with Gasteiger partial charge in [-0.3, -0.25) is 14.6 Å². The molecule has 8 heteroatoms. The van der Waals surface area contributed by atoms with Gasteiger partial charge in [-0.2, -0.15) is 0 Å². The summed E-state index contributed by atoms with van der Waals surface area (Å²) in [5, 5.41) is 4.09. The van der Waals surface area contributed by atoms with Crippen LogP contribution in [0.15, 0.2) is 42.6 Å². The Morgan fingerprint density at radius 3 is 2.56 bits per heavy atom. The number of nitrogens with zero attached hydrogens (tertiary/aromatic N) is 2. The topological polar surface area (TPSA) is 80.8 Å². The average molecular weight is 550 g/mol. The number of benzene rings is 2. The van der Waals surface area contributed by atoms with Crippen LogP contribution < -0.4 is 14.8 Å². The van der Waals surface area contributed by atoms with Crippen molar-refractivity contribution in [2.24, 2.45) is 11.8 Å². The molecule has 0 bridgehead atoms. The number of piperidine rings is 1. The van der Waals surface area contributed by atoms with Crippen molar-refractivity contribution in [1.29, 1.82) is 0 Å². The van der Waals surface area contributed by atoms with Crippen molar-refractivity contribution < 1.29 is 19.1 Å². The van der Waals surface area contributed by atoms with E-state index in [0.717, 1.165) is 44.3 Å². The molecule has 1 saturated carbocycles. The van der Waals surface area contributed by atoms with Gasteiger partial charge in [0.2, 0.25) is 0 Å². The van der Waals surface area contributed by atoms with Gasteiger partial charge < -0.3 is 19.7 Å². The van der Waals surface area contributed by atoms with Crippen LogP contribution in [0.4, 0.5) is 0 Å². The van der Waals surface area contributed by atoms with Crippen molar-refractivity contribution in [3.05, 3.63) is 58.7 Å². The minimum Gasteiger partial charge on any atom is -0.492 e. The molecular weight excluding hydrogens is 514 g/mol. The van der Waals surface area contributed by atoms with E-state index in [2.05, 4.69) is 22.2 Å². The van der Waals surface area contributed by atoms with Gasteiger partial charge in [0.05, 0.1) is 17.7 Å². The number of hydrogen-bond donors (Lipinski definition) is 1. The fourth-order valence-electron chi connectivity index (χ4n) is 5.02. The Balaban J connectivity index is 1.37. The molecule has 0 atom stereocenters. The lowest BCUT2D eigenvalue weighted by molar-refractivity contribution is -0.118. The Kier molecular flexibility index (Phi) is 8.68. The van der Waals surface area contributed by atoms with Crippen LogP contribution in [0, 0.1) is 11.8 Å². The smallest absolute Gasteiger partial charge is 0.255 e. The maximum Gasteiger partial charge on any atom is 0.255 e. The molecule has 1 aliphatic carbocycles. The molecule has 2 aliphatic rings. The van der Waals surface area contributed by atoms with Crippen LogP contribution >= 0.6 is 11.6 Å². The summed E-state index contributed by atoms with van der Waals surface area (Å²) < 4.78 is 12.4. The highest BCUT2D eigenvalue weighted by Crippen LogP contribution is 2.36. The molecule has 0 radical (unpaired) electrons. The van der Waals surface area contributed by atoms with E-state index in [4.69, 9.17) is 21.1 Å². The summed E-state index contributed by atoms with van der Waals surface area (Å²) in [6, 6.07) is 10.8. The third kappa shape index (κ3) is 7.08. The summed E-state index contributed by atoms with van der Waals surface area (Å²) >= 11 is 6.52. The molecule has 1 aromatic heterocycles. The zero-order valence-electron chi connectivity index (χ0n) is 22.7. The van der Waals surface area contributed by atoms with Crippen LogP contribution in [0.2, 0.25) is 5.02 Å². The highest BCUT2D eigenvalue weighted by Gasteiger charge is 2.25. The minimum atomic E-state index is -0.198. The van der Waals surface area contributed by atoms with Crippen molar-refractivity contribution >= 4 is 34.2 Å². The van der Waals surface area contributed by atoms with E-state index in [1.54, 1.807) is 24.4 Å². The number of nitrogens with one attached hydrogen (secondary N) is 1. The number of ketones is 1. The molecule has 2 fully saturated rings. The Labute approximate surface area is 234 Å². The number of carbonyl (C=O) groups excluding carboxylic acids is 2. The summed E-state index contributed by atoms with van der Waals surface area (Å²) in [4.78, 5) is 32.2. The van der Waals surface area contributed by atoms with Gasteiger partial charge in [-0.25, -0.2) is 0 Å². The number of pyridine rings is 1. The van der Waals surface area contributed by atoms with Crippen molar-refractivity contribution in [3.63, 3.8) is 0 Å².